The van der Waals surface area contributed by atoms with E-state index in [0.717, 1.165) is 53.1 Å². The number of aromatic nitrogens is 2. The number of fused-ring (bicyclic) bond motifs is 1. The monoisotopic (exact) mass is 551 g/mol. The van der Waals surface area contributed by atoms with E-state index >= 15 is 0 Å². The summed E-state index contributed by atoms with van der Waals surface area (Å²) < 4.78 is 2.05. The van der Waals surface area contributed by atoms with Crippen LogP contribution in [0.1, 0.15) is 38.4 Å². The highest BCUT2D eigenvalue weighted by molar-refractivity contribution is 7.15. The van der Waals surface area contributed by atoms with Crippen molar-refractivity contribution in [2.24, 2.45) is 0 Å². The molecule has 0 spiro atoms. The molecule has 8 nitrogen and oxygen atoms in total. The highest BCUT2D eigenvalue weighted by Gasteiger charge is 2.18. The lowest BCUT2D eigenvalue weighted by atomic mass is 10.1. The van der Waals surface area contributed by atoms with Crippen molar-refractivity contribution in [2.75, 3.05) is 28.6 Å². The molecule has 6 rings (SSSR count). The lowest BCUT2D eigenvalue weighted by Gasteiger charge is -2.31. The number of aliphatic hydroxyl groups is 1. The summed E-state index contributed by atoms with van der Waals surface area (Å²) in [6.07, 6.45) is 5.03. The fourth-order valence-corrected chi connectivity index (χ4v) is 5.61. The molecule has 1 aliphatic rings. The number of amides is 2. The van der Waals surface area contributed by atoms with Crippen LogP contribution in [-0.2, 0) is 0 Å². The van der Waals surface area contributed by atoms with Gasteiger partial charge in [-0.25, -0.2) is 4.98 Å². The number of thiazole rings is 1. The Kier molecular flexibility index (Phi) is 7.06. The number of aryl methyl sites for hydroxylation is 1. The maximum Gasteiger partial charge on any atom is 0.257 e. The zero-order valence-electron chi connectivity index (χ0n) is 22.0. The average molecular weight is 552 g/mol. The molecule has 2 amide bonds. The van der Waals surface area contributed by atoms with Crippen molar-refractivity contribution in [2.45, 2.75) is 25.9 Å². The predicted molar refractivity (Wildman–Crippen MR) is 160 cm³/mol. The van der Waals surface area contributed by atoms with Crippen molar-refractivity contribution in [3.8, 4) is 5.69 Å². The molecular weight excluding hydrogens is 522 g/mol. The zero-order chi connectivity index (χ0) is 27.6. The molecule has 0 aliphatic carbocycles. The second kappa shape index (κ2) is 11.0. The first-order valence-electron chi connectivity index (χ1n) is 13.2. The number of nitrogens with zero attached hydrogens (tertiary/aromatic N) is 3. The van der Waals surface area contributed by atoms with Crippen molar-refractivity contribution in [1.29, 1.82) is 0 Å². The van der Waals surface area contributed by atoms with Crippen LogP contribution in [-0.4, -0.2) is 45.7 Å². The molecule has 0 saturated carbocycles. The molecule has 0 bridgehead atoms. The highest BCUT2D eigenvalue weighted by Crippen LogP contribution is 2.26. The third-order valence-corrected chi connectivity index (χ3v) is 7.98. The number of piperidine rings is 1. The van der Waals surface area contributed by atoms with Crippen LogP contribution in [0.5, 0.6) is 0 Å². The smallest absolute Gasteiger partial charge is 0.257 e. The van der Waals surface area contributed by atoms with E-state index in [4.69, 9.17) is 0 Å². The summed E-state index contributed by atoms with van der Waals surface area (Å²) in [5, 5.41) is 17.1. The van der Waals surface area contributed by atoms with Gasteiger partial charge >= 0.3 is 0 Å². The van der Waals surface area contributed by atoms with E-state index in [1.165, 1.54) is 11.3 Å². The first-order valence-corrected chi connectivity index (χ1v) is 14.0. The van der Waals surface area contributed by atoms with Crippen molar-refractivity contribution >= 4 is 50.6 Å². The van der Waals surface area contributed by atoms with Gasteiger partial charge in [0.1, 0.15) is 0 Å². The van der Waals surface area contributed by atoms with Gasteiger partial charge < -0.3 is 19.9 Å². The van der Waals surface area contributed by atoms with E-state index in [-0.39, 0.29) is 17.9 Å². The minimum Gasteiger partial charge on any atom is -0.393 e. The fourth-order valence-electron chi connectivity index (χ4n) is 4.95. The molecule has 3 aromatic carbocycles. The maximum absolute atomic E-state index is 12.9. The van der Waals surface area contributed by atoms with Gasteiger partial charge in [0.05, 0.1) is 11.6 Å². The Morgan fingerprint density at radius 1 is 0.875 bits per heavy atom. The van der Waals surface area contributed by atoms with Gasteiger partial charge in [0.2, 0.25) is 0 Å². The van der Waals surface area contributed by atoms with Crippen LogP contribution in [0.4, 0.5) is 16.5 Å². The van der Waals surface area contributed by atoms with Crippen LogP contribution in [0.25, 0.3) is 16.6 Å². The highest BCUT2D eigenvalue weighted by atomic mass is 32.1. The summed E-state index contributed by atoms with van der Waals surface area (Å²) in [5.74, 6) is -0.360. The van der Waals surface area contributed by atoms with E-state index in [2.05, 4.69) is 20.5 Å². The van der Waals surface area contributed by atoms with Crippen LogP contribution >= 0.6 is 11.3 Å². The molecule has 1 aliphatic heterocycles. The largest absolute Gasteiger partial charge is 0.393 e. The van der Waals surface area contributed by atoms with E-state index < -0.39 is 0 Å². The van der Waals surface area contributed by atoms with Crippen molar-refractivity contribution < 1.29 is 14.7 Å². The summed E-state index contributed by atoms with van der Waals surface area (Å²) in [4.78, 5) is 32.9. The molecule has 5 aromatic rings. The summed E-state index contributed by atoms with van der Waals surface area (Å²) in [7, 11) is 0. The van der Waals surface area contributed by atoms with Gasteiger partial charge in [0, 0.05) is 63.9 Å². The Labute approximate surface area is 235 Å². The van der Waals surface area contributed by atoms with Gasteiger partial charge in [-0.3, -0.25) is 14.9 Å². The number of nitrogens with one attached hydrogen (secondary N) is 2. The Hall–Kier alpha value is -4.47. The number of hydrogen-bond acceptors (Lipinski definition) is 6. The lowest BCUT2D eigenvalue weighted by Crippen LogP contribution is -2.35. The van der Waals surface area contributed by atoms with Gasteiger partial charge in [0.25, 0.3) is 11.8 Å². The zero-order valence-corrected chi connectivity index (χ0v) is 22.8. The molecule has 0 atom stereocenters. The molecule has 1 fully saturated rings. The maximum atomic E-state index is 12.9. The van der Waals surface area contributed by atoms with Crippen LogP contribution in [0, 0.1) is 6.92 Å². The number of aliphatic hydroxyl groups excluding tert-OH is 1. The minimum atomic E-state index is -0.214. The predicted octanol–water partition coefficient (Wildman–Crippen LogP) is 5.86. The van der Waals surface area contributed by atoms with Gasteiger partial charge in [0.15, 0.2) is 5.13 Å². The molecule has 0 radical (unpaired) electrons. The number of anilines is 3. The number of carbonyl (C=O) groups is 2. The van der Waals surface area contributed by atoms with Crippen molar-refractivity contribution in [3.63, 3.8) is 0 Å². The molecule has 2 aromatic heterocycles. The second-order valence-corrected chi connectivity index (χ2v) is 11.2. The summed E-state index contributed by atoms with van der Waals surface area (Å²) >= 11 is 1.44. The summed E-state index contributed by atoms with van der Waals surface area (Å²) in [5.41, 5.74) is 4.85. The number of hydrogen-bond donors (Lipinski definition) is 3. The van der Waals surface area contributed by atoms with Crippen LogP contribution in [0.3, 0.4) is 0 Å². The molecule has 3 heterocycles. The molecular formula is C31H29N5O3S. The molecule has 3 N–H and O–H groups in total. The summed E-state index contributed by atoms with van der Waals surface area (Å²) in [6, 6.07) is 22.8. The number of rotatable bonds is 6. The summed E-state index contributed by atoms with van der Waals surface area (Å²) in [6.45, 7) is 3.58. The lowest BCUT2D eigenvalue weighted by molar-refractivity contribution is 0.101. The Morgan fingerprint density at radius 2 is 1.52 bits per heavy atom. The van der Waals surface area contributed by atoms with Gasteiger partial charge in [-0.15, -0.1) is 11.3 Å². The van der Waals surface area contributed by atoms with Gasteiger partial charge in [-0.05, 0) is 92.6 Å². The molecule has 202 valence electrons. The first kappa shape index (κ1) is 25.8. The first-order chi connectivity index (χ1) is 19.4. The number of carbonyl (C=O) groups excluding carboxylic acids is 2. The third kappa shape index (κ3) is 5.47. The molecule has 0 unspecified atom stereocenters. The SMILES string of the molecule is Cc1cnc(NC(=O)c2ccc(-n3ccc4cc(NC(=O)c5ccc(N6CCC(O)CC6)cc5)ccc43)cc2)s1. The van der Waals surface area contributed by atoms with E-state index in [1.807, 2.05) is 78.4 Å². The van der Waals surface area contributed by atoms with Crippen LogP contribution in [0.2, 0.25) is 0 Å². The fraction of sp³-hybridized carbons (Fsp3) is 0.194. The molecule has 1 saturated heterocycles. The second-order valence-electron chi connectivity index (χ2n) is 9.96. The third-order valence-electron chi connectivity index (χ3n) is 7.16. The van der Waals surface area contributed by atoms with E-state index in [9.17, 15) is 14.7 Å². The van der Waals surface area contributed by atoms with Crippen molar-refractivity contribution in [1.82, 2.24) is 9.55 Å². The molecule has 9 heteroatoms. The number of benzene rings is 3. The molecule has 40 heavy (non-hydrogen) atoms. The quantitative estimate of drug-likeness (QED) is 0.245. The van der Waals surface area contributed by atoms with Gasteiger partial charge in [-0.2, -0.15) is 0 Å². The van der Waals surface area contributed by atoms with Crippen molar-refractivity contribution in [3.05, 3.63) is 101 Å². The Bertz CT molecular complexity index is 1670. The minimum absolute atomic E-state index is 0.166. The Balaban J connectivity index is 1.12. The topological polar surface area (TPSA) is 99.5 Å². The normalized spacial score (nSPS) is 13.9. The van der Waals surface area contributed by atoms with Crippen LogP contribution < -0.4 is 15.5 Å². The average Bonchev–Trinajstić information content (AvgIpc) is 3.59. The van der Waals surface area contributed by atoms with Gasteiger partial charge in [-0.1, -0.05) is 0 Å². The van der Waals surface area contributed by atoms with Crippen LogP contribution in [0.15, 0.2) is 85.2 Å². The van der Waals surface area contributed by atoms with E-state index in [1.54, 1.807) is 18.3 Å². The standard InChI is InChI=1S/C31H29N5O3S/c1-20-19-32-31(40-20)34-30(39)22-4-9-26(10-5-22)36-17-12-23-18-24(6-11-28(23)36)33-29(38)21-2-7-25(8-3-21)35-15-13-27(37)14-16-35/h2-12,17-19,27,37H,13-16H2,1H3,(H,33,38)(H,32,34,39). The Morgan fingerprint density at radius 3 is 2.17 bits per heavy atom. The van der Waals surface area contributed by atoms with E-state index in [0.29, 0.717) is 21.9 Å².